The Morgan fingerprint density at radius 3 is 2.76 bits per heavy atom. The lowest BCUT2D eigenvalue weighted by Gasteiger charge is -2.33. The van der Waals surface area contributed by atoms with Crippen LogP contribution in [-0.4, -0.2) is 59.4 Å². The standard InChI is InChI=1S/C11H16ClN3O5S/c1-7-10(11(12)14(2)13-7)21(18,19)15-3-4-20-6-8(15)5-9(16)17/h8H,3-6H2,1-2H3,(H,16,17). The monoisotopic (exact) mass is 337 g/mol. The highest BCUT2D eigenvalue weighted by molar-refractivity contribution is 7.89. The summed E-state index contributed by atoms with van der Waals surface area (Å²) >= 11 is 6.02. The molecule has 1 aliphatic heterocycles. The molecule has 8 nitrogen and oxygen atoms in total. The van der Waals surface area contributed by atoms with E-state index >= 15 is 0 Å². The number of aliphatic carboxylic acids is 1. The summed E-state index contributed by atoms with van der Waals surface area (Å²) in [6.45, 7) is 1.89. The number of aryl methyl sites for hydroxylation is 2. The number of hydrogen-bond donors (Lipinski definition) is 1. The average molecular weight is 338 g/mol. The minimum absolute atomic E-state index is 0.00747. The third kappa shape index (κ3) is 3.05. The summed E-state index contributed by atoms with van der Waals surface area (Å²) in [5.74, 6) is -1.08. The highest BCUT2D eigenvalue weighted by atomic mass is 35.5. The normalized spacial score (nSPS) is 20.6. The van der Waals surface area contributed by atoms with Crippen LogP contribution in [0.4, 0.5) is 0 Å². The molecule has 1 atom stereocenters. The van der Waals surface area contributed by atoms with E-state index in [0.717, 1.165) is 4.31 Å². The number of ether oxygens (including phenoxy) is 1. The summed E-state index contributed by atoms with van der Waals surface area (Å²) in [5.41, 5.74) is 0.281. The number of carboxylic acid groups (broad SMARTS) is 1. The van der Waals surface area contributed by atoms with Crippen molar-refractivity contribution in [2.24, 2.45) is 7.05 Å². The lowest BCUT2D eigenvalue weighted by Crippen LogP contribution is -2.49. The van der Waals surface area contributed by atoms with E-state index in [-0.39, 0.29) is 41.9 Å². The molecule has 1 fully saturated rings. The molecule has 0 aromatic carbocycles. The Morgan fingerprint density at radius 1 is 1.57 bits per heavy atom. The zero-order valence-corrected chi connectivity index (χ0v) is 13.2. The number of sulfonamides is 1. The van der Waals surface area contributed by atoms with Gasteiger partial charge in [-0.1, -0.05) is 11.6 Å². The molecule has 10 heteroatoms. The van der Waals surface area contributed by atoms with E-state index in [1.165, 1.54) is 4.68 Å². The van der Waals surface area contributed by atoms with Crippen LogP contribution >= 0.6 is 11.6 Å². The SMILES string of the molecule is Cc1nn(C)c(Cl)c1S(=O)(=O)N1CCOCC1CC(=O)O. The van der Waals surface area contributed by atoms with Crippen molar-refractivity contribution in [2.45, 2.75) is 24.3 Å². The Bertz CT molecular complexity index is 657. The predicted octanol–water partition coefficient (Wildman–Crippen LogP) is 0.246. The molecule has 0 saturated carbocycles. The van der Waals surface area contributed by atoms with Crippen molar-refractivity contribution in [3.8, 4) is 0 Å². The Kier molecular flexibility index (Phi) is 4.57. The van der Waals surface area contributed by atoms with Crippen LogP contribution in [0.1, 0.15) is 12.1 Å². The maximum Gasteiger partial charge on any atom is 0.305 e. The van der Waals surface area contributed by atoms with Crippen molar-refractivity contribution in [1.82, 2.24) is 14.1 Å². The smallest absolute Gasteiger partial charge is 0.305 e. The third-order valence-electron chi connectivity index (χ3n) is 3.25. The van der Waals surface area contributed by atoms with E-state index < -0.39 is 22.0 Å². The van der Waals surface area contributed by atoms with Crippen LogP contribution in [0.5, 0.6) is 0 Å². The van der Waals surface area contributed by atoms with Crippen LogP contribution in [0.15, 0.2) is 4.90 Å². The molecule has 1 saturated heterocycles. The van der Waals surface area contributed by atoms with E-state index in [2.05, 4.69) is 5.10 Å². The maximum absolute atomic E-state index is 12.8. The molecule has 1 N–H and O–H groups in total. The van der Waals surface area contributed by atoms with Gasteiger partial charge in [0, 0.05) is 13.6 Å². The van der Waals surface area contributed by atoms with Gasteiger partial charge in [0.2, 0.25) is 10.0 Å². The number of hydrogen-bond acceptors (Lipinski definition) is 5. The van der Waals surface area contributed by atoms with Crippen LogP contribution < -0.4 is 0 Å². The van der Waals surface area contributed by atoms with Crippen molar-refractivity contribution in [1.29, 1.82) is 0 Å². The van der Waals surface area contributed by atoms with Crippen LogP contribution in [-0.2, 0) is 26.6 Å². The summed E-state index contributed by atoms with van der Waals surface area (Å²) in [6, 6.07) is -0.753. The van der Waals surface area contributed by atoms with Gasteiger partial charge in [-0.25, -0.2) is 8.42 Å². The summed E-state index contributed by atoms with van der Waals surface area (Å²) in [7, 11) is -2.38. The van der Waals surface area contributed by atoms with Crippen LogP contribution in [0.2, 0.25) is 5.15 Å². The van der Waals surface area contributed by atoms with Crippen molar-refractivity contribution < 1.29 is 23.1 Å². The number of carbonyl (C=O) groups is 1. The molecular formula is C11H16ClN3O5S. The second-order valence-electron chi connectivity index (χ2n) is 4.77. The molecule has 118 valence electrons. The molecular weight excluding hydrogens is 322 g/mol. The van der Waals surface area contributed by atoms with Gasteiger partial charge in [-0.05, 0) is 6.92 Å². The first kappa shape index (κ1) is 16.2. The molecule has 0 bridgehead atoms. The number of carboxylic acids is 1. The second-order valence-corrected chi connectivity index (χ2v) is 6.96. The van der Waals surface area contributed by atoms with Gasteiger partial charge in [0.25, 0.3) is 0 Å². The number of halogens is 1. The molecule has 1 aromatic rings. The van der Waals surface area contributed by atoms with E-state index in [4.69, 9.17) is 21.4 Å². The van der Waals surface area contributed by atoms with Gasteiger partial charge in [-0.15, -0.1) is 0 Å². The zero-order chi connectivity index (χ0) is 15.8. The first-order valence-electron chi connectivity index (χ1n) is 6.25. The van der Waals surface area contributed by atoms with Gasteiger partial charge < -0.3 is 9.84 Å². The maximum atomic E-state index is 12.8. The second kappa shape index (κ2) is 5.91. The number of nitrogens with zero attached hydrogens (tertiary/aromatic N) is 3. The van der Waals surface area contributed by atoms with Crippen LogP contribution in [0.25, 0.3) is 0 Å². The predicted molar refractivity (Wildman–Crippen MR) is 73.7 cm³/mol. The number of rotatable bonds is 4. The third-order valence-corrected chi connectivity index (χ3v) is 5.90. The fourth-order valence-electron chi connectivity index (χ4n) is 2.34. The van der Waals surface area contributed by atoms with Gasteiger partial charge in [0.15, 0.2) is 0 Å². The highest BCUT2D eigenvalue weighted by Crippen LogP contribution is 2.29. The largest absolute Gasteiger partial charge is 0.481 e. The van der Waals surface area contributed by atoms with E-state index in [9.17, 15) is 13.2 Å². The summed E-state index contributed by atoms with van der Waals surface area (Å²) in [4.78, 5) is 10.8. The van der Waals surface area contributed by atoms with E-state index in [0.29, 0.717) is 0 Å². The lowest BCUT2D eigenvalue weighted by atomic mass is 10.2. The molecule has 1 aromatic heterocycles. The van der Waals surface area contributed by atoms with Crippen LogP contribution in [0.3, 0.4) is 0 Å². The highest BCUT2D eigenvalue weighted by Gasteiger charge is 2.38. The number of morpholine rings is 1. The van der Waals surface area contributed by atoms with Gasteiger partial charge in [0.05, 0.1) is 31.4 Å². The minimum Gasteiger partial charge on any atom is -0.481 e. The fraction of sp³-hybridized carbons (Fsp3) is 0.636. The minimum atomic E-state index is -3.92. The van der Waals surface area contributed by atoms with E-state index in [1.807, 2.05) is 0 Å². The molecule has 0 amide bonds. The van der Waals surface area contributed by atoms with Crippen molar-refractivity contribution >= 4 is 27.6 Å². The molecule has 0 aliphatic carbocycles. The summed E-state index contributed by atoms with van der Waals surface area (Å²) in [5, 5.41) is 12.9. The van der Waals surface area contributed by atoms with Crippen molar-refractivity contribution in [3.05, 3.63) is 10.8 Å². The Labute approximate surface area is 127 Å². The van der Waals surface area contributed by atoms with Gasteiger partial charge in [-0.3, -0.25) is 9.48 Å². The van der Waals surface area contributed by atoms with Crippen molar-refractivity contribution in [2.75, 3.05) is 19.8 Å². The summed E-state index contributed by atoms with van der Waals surface area (Å²) < 4.78 is 33.1. The lowest BCUT2D eigenvalue weighted by molar-refractivity contribution is -0.139. The fourth-order valence-corrected chi connectivity index (χ4v) is 4.64. The molecule has 1 unspecified atom stereocenters. The number of aromatic nitrogens is 2. The zero-order valence-electron chi connectivity index (χ0n) is 11.6. The summed E-state index contributed by atoms with van der Waals surface area (Å²) in [6.07, 6.45) is -0.323. The van der Waals surface area contributed by atoms with Gasteiger partial charge in [0.1, 0.15) is 10.0 Å². The Morgan fingerprint density at radius 2 is 2.24 bits per heavy atom. The molecule has 2 rings (SSSR count). The van der Waals surface area contributed by atoms with Crippen molar-refractivity contribution in [3.63, 3.8) is 0 Å². The van der Waals surface area contributed by atoms with Gasteiger partial charge in [-0.2, -0.15) is 9.40 Å². The van der Waals surface area contributed by atoms with Crippen LogP contribution in [0, 0.1) is 6.92 Å². The Balaban J connectivity index is 2.43. The molecule has 0 spiro atoms. The molecule has 21 heavy (non-hydrogen) atoms. The van der Waals surface area contributed by atoms with E-state index in [1.54, 1.807) is 14.0 Å². The molecule has 1 aliphatic rings. The average Bonchev–Trinajstić information content (AvgIpc) is 2.63. The Hall–Kier alpha value is -1.16. The molecule has 0 radical (unpaired) electrons. The van der Waals surface area contributed by atoms with Gasteiger partial charge >= 0.3 is 5.97 Å². The first-order valence-corrected chi connectivity index (χ1v) is 8.07. The first-order chi connectivity index (χ1) is 9.75. The molecule has 2 heterocycles. The topological polar surface area (TPSA) is 102 Å². The quantitative estimate of drug-likeness (QED) is 0.844.